The molecule has 3 N–H and O–H groups in total. The Kier molecular flexibility index (Phi) is 4.88. The number of carbonyl (C=O) groups is 1. The van der Waals surface area contributed by atoms with Gasteiger partial charge in [-0.05, 0) is 36.8 Å². The first kappa shape index (κ1) is 18.8. The van der Waals surface area contributed by atoms with Crippen molar-refractivity contribution >= 4 is 11.7 Å². The van der Waals surface area contributed by atoms with Crippen LogP contribution in [0.15, 0.2) is 42.5 Å². The van der Waals surface area contributed by atoms with E-state index in [0.29, 0.717) is 17.2 Å². The van der Waals surface area contributed by atoms with E-state index in [0.717, 1.165) is 12.1 Å². The molecule has 2 amide bonds. The maximum Gasteiger partial charge on any atom is 0.416 e. The van der Waals surface area contributed by atoms with Gasteiger partial charge in [0.05, 0.1) is 23.4 Å². The van der Waals surface area contributed by atoms with Crippen LogP contribution in [0.1, 0.15) is 18.1 Å². The first-order valence-electron chi connectivity index (χ1n) is 7.99. The average Bonchev–Trinajstić information content (AvgIpc) is 3.11. The Morgan fingerprint density at radius 1 is 1.15 bits per heavy atom. The Bertz CT molecular complexity index is 857. The molecule has 0 aromatic heterocycles. The highest BCUT2D eigenvalue weighted by Gasteiger charge is 2.34. The van der Waals surface area contributed by atoms with Crippen LogP contribution < -0.4 is 20.1 Å². The molecule has 1 heterocycles. The molecule has 0 radical (unpaired) electrons. The second kappa shape index (κ2) is 6.99. The van der Waals surface area contributed by atoms with E-state index in [4.69, 9.17) is 9.47 Å². The number of para-hydroxylation sites is 1. The van der Waals surface area contributed by atoms with Crippen molar-refractivity contribution in [3.8, 4) is 11.5 Å². The van der Waals surface area contributed by atoms with Crippen LogP contribution in [0.2, 0.25) is 0 Å². The Morgan fingerprint density at radius 3 is 2.56 bits per heavy atom. The predicted molar refractivity (Wildman–Crippen MR) is 90.6 cm³/mol. The zero-order chi connectivity index (χ0) is 19.7. The maximum atomic E-state index is 12.9. The van der Waals surface area contributed by atoms with Gasteiger partial charge < -0.3 is 25.2 Å². The molecule has 27 heavy (non-hydrogen) atoms. The Balaban J connectivity index is 1.80. The summed E-state index contributed by atoms with van der Waals surface area (Å²) >= 11 is 0. The number of nitrogens with one attached hydrogen (secondary N) is 2. The minimum Gasteiger partial charge on any atom is -0.454 e. The van der Waals surface area contributed by atoms with Crippen LogP contribution in [0.3, 0.4) is 0 Å². The van der Waals surface area contributed by atoms with E-state index < -0.39 is 29.9 Å². The van der Waals surface area contributed by atoms with E-state index >= 15 is 0 Å². The van der Waals surface area contributed by atoms with E-state index in [1.807, 2.05) is 0 Å². The fourth-order valence-corrected chi connectivity index (χ4v) is 2.67. The van der Waals surface area contributed by atoms with Gasteiger partial charge in [-0.25, -0.2) is 4.79 Å². The molecule has 2 aromatic rings. The highest BCUT2D eigenvalue weighted by Crippen LogP contribution is 2.39. The number of alkyl halides is 3. The predicted octanol–water partition coefficient (Wildman–Crippen LogP) is 3.46. The van der Waals surface area contributed by atoms with Crippen molar-refractivity contribution in [2.24, 2.45) is 0 Å². The molecule has 0 saturated heterocycles. The lowest BCUT2D eigenvalue weighted by atomic mass is 9.91. The van der Waals surface area contributed by atoms with E-state index in [2.05, 4.69) is 10.6 Å². The number of ether oxygens (including phenoxy) is 2. The third kappa shape index (κ3) is 3.92. The van der Waals surface area contributed by atoms with Crippen LogP contribution >= 0.6 is 0 Å². The molecule has 3 rings (SSSR count). The average molecular weight is 382 g/mol. The SMILES string of the molecule is CC(CO)(NC(=O)Nc1cccc2c1OCO2)c1cccc(C(F)(F)F)c1. The molecule has 0 aliphatic carbocycles. The number of hydrogen-bond donors (Lipinski definition) is 3. The van der Waals surface area contributed by atoms with Gasteiger partial charge in [-0.1, -0.05) is 18.2 Å². The van der Waals surface area contributed by atoms with Crippen molar-refractivity contribution in [3.63, 3.8) is 0 Å². The van der Waals surface area contributed by atoms with Gasteiger partial charge >= 0.3 is 12.2 Å². The molecule has 0 fully saturated rings. The monoisotopic (exact) mass is 382 g/mol. The number of hydrogen-bond acceptors (Lipinski definition) is 4. The summed E-state index contributed by atoms with van der Waals surface area (Å²) in [6.45, 7) is 0.847. The Hall–Kier alpha value is -2.94. The van der Waals surface area contributed by atoms with Crippen molar-refractivity contribution in [3.05, 3.63) is 53.6 Å². The minimum absolute atomic E-state index is 0.0221. The molecule has 9 heteroatoms. The third-order valence-electron chi connectivity index (χ3n) is 4.18. The Labute approximate surface area is 152 Å². The van der Waals surface area contributed by atoms with Crippen LogP contribution in [0, 0.1) is 0 Å². The molecule has 1 unspecified atom stereocenters. The van der Waals surface area contributed by atoms with E-state index in [1.165, 1.54) is 19.1 Å². The summed E-state index contributed by atoms with van der Waals surface area (Å²) in [6.07, 6.45) is -4.53. The highest BCUT2D eigenvalue weighted by atomic mass is 19.4. The highest BCUT2D eigenvalue weighted by molar-refractivity contribution is 5.92. The summed E-state index contributed by atoms with van der Waals surface area (Å²) in [5.41, 5.74) is -1.84. The molecular formula is C18H17F3N2O4. The van der Waals surface area contributed by atoms with Crippen LogP contribution in [0.25, 0.3) is 0 Å². The number of fused-ring (bicyclic) bond motifs is 1. The number of aliphatic hydroxyl groups is 1. The van der Waals surface area contributed by atoms with E-state index in [9.17, 15) is 23.1 Å². The molecule has 0 saturated carbocycles. The van der Waals surface area contributed by atoms with Gasteiger partial charge in [0, 0.05) is 0 Å². The fourth-order valence-electron chi connectivity index (χ4n) is 2.67. The van der Waals surface area contributed by atoms with Crippen molar-refractivity contribution in [1.82, 2.24) is 5.32 Å². The van der Waals surface area contributed by atoms with Gasteiger partial charge in [0.2, 0.25) is 6.79 Å². The van der Waals surface area contributed by atoms with Crippen LogP contribution in [-0.4, -0.2) is 24.5 Å². The first-order valence-corrected chi connectivity index (χ1v) is 7.99. The van der Waals surface area contributed by atoms with Gasteiger partial charge in [-0.2, -0.15) is 13.2 Å². The number of carbonyl (C=O) groups excluding carboxylic acids is 1. The van der Waals surface area contributed by atoms with Gasteiger partial charge in [0.15, 0.2) is 11.5 Å². The second-order valence-electron chi connectivity index (χ2n) is 6.19. The molecule has 0 spiro atoms. The van der Waals surface area contributed by atoms with Crippen LogP contribution in [-0.2, 0) is 11.7 Å². The summed E-state index contributed by atoms with van der Waals surface area (Å²) < 4.78 is 49.4. The lowest BCUT2D eigenvalue weighted by molar-refractivity contribution is -0.137. The number of halogens is 3. The largest absolute Gasteiger partial charge is 0.454 e. The maximum absolute atomic E-state index is 12.9. The zero-order valence-corrected chi connectivity index (χ0v) is 14.3. The Morgan fingerprint density at radius 2 is 1.85 bits per heavy atom. The quantitative estimate of drug-likeness (QED) is 0.757. The van der Waals surface area contributed by atoms with E-state index in [-0.39, 0.29) is 12.4 Å². The molecule has 2 aromatic carbocycles. The minimum atomic E-state index is -4.53. The summed E-state index contributed by atoms with van der Waals surface area (Å²) in [6, 6.07) is 8.65. The molecule has 6 nitrogen and oxygen atoms in total. The smallest absolute Gasteiger partial charge is 0.416 e. The van der Waals surface area contributed by atoms with Gasteiger partial charge in [0.25, 0.3) is 0 Å². The van der Waals surface area contributed by atoms with Crippen molar-refractivity contribution in [2.75, 3.05) is 18.7 Å². The third-order valence-corrected chi connectivity index (χ3v) is 4.18. The molecular weight excluding hydrogens is 365 g/mol. The number of benzene rings is 2. The lowest BCUT2D eigenvalue weighted by Crippen LogP contribution is -2.48. The fraction of sp³-hybridized carbons (Fsp3) is 0.278. The van der Waals surface area contributed by atoms with Crippen molar-refractivity contribution < 1.29 is 32.5 Å². The molecule has 1 aliphatic heterocycles. The standard InChI is InChI=1S/C18H17F3N2O4/c1-17(9-24,11-4-2-5-12(8-11)18(19,20)21)23-16(25)22-13-6-3-7-14-15(13)27-10-26-14/h2-8,24H,9-10H2,1H3,(H2,22,23,25). The summed E-state index contributed by atoms with van der Waals surface area (Å²) in [5, 5.41) is 14.8. The molecule has 1 aliphatic rings. The van der Waals surface area contributed by atoms with Gasteiger partial charge in [-0.15, -0.1) is 0 Å². The van der Waals surface area contributed by atoms with Gasteiger partial charge in [-0.3, -0.25) is 0 Å². The molecule has 1 atom stereocenters. The second-order valence-corrected chi connectivity index (χ2v) is 6.19. The first-order chi connectivity index (χ1) is 12.7. The van der Waals surface area contributed by atoms with E-state index in [1.54, 1.807) is 18.2 Å². The number of anilines is 1. The van der Waals surface area contributed by atoms with Gasteiger partial charge in [0.1, 0.15) is 0 Å². The zero-order valence-electron chi connectivity index (χ0n) is 14.3. The number of rotatable bonds is 4. The number of amides is 2. The summed E-state index contributed by atoms with van der Waals surface area (Å²) in [7, 11) is 0. The topological polar surface area (TPSA) is 79.8 Å². The van der Waals surface area contributed by atoms with Crippen LogP contribution in [0.5, 0.6) is 11.5 Å². The molecule has 0 bridgehead atoms. The molecule has 144 valence electrons. The normalized spacial score (nSPS) is 15.1. The lowest BCUT2D eigenvalue weighted by Gasteiger charge is -2.30. The van der Waals surface area contributed by atoms with Crippen LogP contribution in [0.4, 0.5) is 23.7 Å². The number of aliphatic hydroxyl groups excluding tert-OH is 1. The summed E-state index contributed by atoms with van der Waals surface area (Å²) in [4.78, 5) is 12.4. The van der Waals surface area contributed by atoms with Crippen molar-refractivity contribution in [2.45, 2.75) is 18.6 Å². The van der Waals surface area contributed by atoms with Crippen molar-refractivity contribution in [1.29, 1.82) is 0 Å². The number of urea groups is 1. The summed E-state index contributed by atoms with van der Waals surface area (Å²) in [5.74, 6) is 0.827.